The SMILES string of the molecule is COC(=O)c1ccccc1S(=O)(=O)c1cc(Cl)c(C(=O)O)cc1[N+](=O)[O-]. The van der Waals surface area contributed by atoms with Crippen LogP contribution in [0.1, 0.15) is 20.7 Å². The minimum atomic E-state index is -4.59. The molecule has 0 aliphatic rings. The van der Waals surface area contributed by atoms with Crippen LogP contribution in [-0.4, -0.2) is 37.5 Å². The van der Waals surface area contributed by atoms with Gasteiger partial charge in [0.25, 0.3) is 5.69 Å². The molecule has 0 unspecified atom stereocenters. The van der Waals surface area contributed by atoms with E-state index in [4.69, 9.17) is 16.7 Å². The number of methoxy groups -OCH3 is 1. The van der Waals surface area contributed by atoms with Gasteiger partial charge < -0.3 is 9.84 Å². The molecule has 0 saturated carbocycles. The number of hydrogen-bond donors (Lipinski definition) is 1. The fourth-order valence-electron chi connectivity index (χ4n) is 2.16. The first-order chi connectivity index (χ1) is 12.1. The minimum absolute atomic E-state index is 0.331. The van der Waals surface area contributed by atoms with E-state index >= 15 is 0 Å². The van der Waals surface area contributed by atoms with Gasteiger partial charge in [0, 0.05) is 6.07 Å². The van der Waals surface area contributed by atoms with Crippen molar-refractivity contribution >= 4 is 39.1 Å². The van der Waals surface area contributed by atoms with Crippen LogP contribution >= 0.6 is 11.6 Å². The van der Waals surface area contributed by atoms with E-state index in [9.17, 15) is 28.1 Å². The number of carboxylic acid groups (broad SMARTS) is 1. The van der Waals surface area contributed by atoms with Crippen molar-refractivity contribution in [2.24, 2.45) is 0 Å². The van der Waals surface area contributed by atoms with Gasteiger partial charge in [-0.2, -0.15) is 0 Å². The first-order valence-electron chi connectivity index (χ1n) is 6.75. The number of sulfone groups is 1. The van der Waals surface area contributed by atoms with E-state index in [1.165, 1.54) is 18.2 Å². The number of carboxylic acids is 1. The highest BCUT2D eigenvalue weighted by molar-refractivity contribution is 7.91. The average Bonchev–Trinajstić information content (AvgIpc) is 2.60. The Morgan fingerprint density at radius 1 is 1.15 bits per heavy atom. The Labute approximate surface area is 151 Å². The molecule has 0 atom stereocenters. The van der Waals surface area contributed by atoms with E-state index in [1.807, 2.05) is 0 Å². The molecule has 136 valence electrons. The Morgan fingerprint density at radius 2 is 1.77 bits per heavy atom. The molecule has 0 aliphatic carbocycles. The first-order valence-corrected chi connectivity index (χ1v) is 8.61. The van der Waals surface area contributed by atoms with E-state index in [-0.39, 0.29) is 5.56 Å². The number of nitrogens with zero attached hydrogens (tertiary/aromatic N) is 1. The van der Waals surface area contributed by atoms with Crippen LogP contribution in [0, 0.1) is 10.1 Å². The molecular weight excluding hydrogens is 390 g/mol. The quantitative estimate of drug-likeness (QED) is 0.459. The summed E-state index contributed by atoms with van der Waals surface area (Å²) in [5.41, 5.74) is -1.94. The summed E-state index contributed by atoms with van der Waals surface area (Å²) < 4.78 is 30.3. The van der Waals surface area contributed by atoms with E-state index in [1.54, 1.807) is 0 Å². The summed E-state index contributed by atoms with van der Waals surface area (Å²) in [6, 6.07) is 6.19. The van der Waals surface area contributed by atoms with Gasteiger partial charge in [0.1, 0.15) is 0 Å². The second-order valence-corrected chi connectivity index (χ2v) is 7.15. The Morgan fingerprint density at radius 3 is 2.31 bits per heavy atom. The highest BCUT2D eigenvalue weighted by Crippen LogP contribution is 2.35. The molecule has 0 fully saturated rings. The second kappa shape index (κ2) is 7.10. The summed E-state index contributed by atoms with van der Waals surface area (Å²) in [5.74, 6) is -2.52. The zero-order valence-corrected chi connectivity index (χ0v) is 14.6. The van der Waals surface area contributed by atoms with Crippen molar-refractivity contribution in [3.63, 3.8) is 0 Å². The number of hydrogen-bond acceptors (Lipinski definition) is 7. The predicted octanol–water partition coefficient (Wildman–Crippen LogP) is 2.57. The Bertz CT molecular complexity index is 1030. The number of halogens is 1. The van der Waals surface area contributed by atoms with Crippen LogP contribution in [0.25, 0.3) is 0 Å². The Kier molecular flexibility index (Phi) is 5.28. The molecule has 26 heavy (non-hydrogen) atoms. The van der Waals surface area contributed by atoms with Crippen LogP contribution in [0.2, 0.25) is 5.02 Å². The van der Waals surface area contributed by atoms with Crippen molar-refractivity contribution in [1.82, 2.24) is 0 Å². The van der Waals surface area contributed by atoms with Gasteiger partial charge in [-0.3, -0.25) is 10.1 Å². The van der Waals surface area contributed by atoms with Gasteiger partial charge in [0.15, 0.2) is 4.90 Å². The van der Waals surface area contributed by atoms with Crippen LogP contribution in [0.4, 0.5) is 5.69 Å². The normalized spacial score (nSPS) is 11.0. The summed E-state index contributed by atoms with van der Waals surface area (Å²) in [4.78, 5) is 31.8. The zero-order chi connectivity index (χ0) is 19.6. The van der Waals surface area contributed by atoms with Crippen molar-refractivity contribution in [1.29, 1.82) is 0 Å². The monoisotopic (exact) mass is 399 g/mol. The zero-order valence-electron chi connectivity index (χ0n) is 13.0. The van der Waals surface area contributed by atoms with Crippen molar-refractivity contribution in [2.75, 3.05) is 7.11 Å². The minimum Gasteiger partial charge on any atom is -0.478 e. The molecule has 0 spiro atoms. The third-order valence-electron chi connectivity index (χ3n) is 3.35. The number of nitro benzene ring substituents is 1. The molecule has 0 aromatic heterocycles. The number of aromatic carboxylic acids is 1. The topological polar surface area (TPSA) is 141 Å². The lowest BCUT2D eigenvalue weighted by Crippen LogP contribution is -2.13. The molecule has 2 rings (SSSR count). The second-order valence-electron chi connectivity index (χ2n) is 4.85. The third kappa shape index (κ3) is 3.37. The highest BCUT2D eigenvalue weighted by atomic mass is 35.5. The molecule has 0 amide bonds. The molecule has 0 heterocycles. The van der Waals surface area contributed by atoms with Gasteiger partial charge >= 0.3 is 11.9 Å². The number of rotatable bonds is 5. The van der Waals surface area contributed by atoms with Crippen LogP contribution < -0.4 is 0 Å². The summed E-state index contributed by atoms with van der Waals surface area (Å²) >= 11 is 5.76. The maximum absolute atomic E-state index is 12.9. The average molecular weight is 400 g/mol. The lowest BCUT2D eigenvalue weighted by Gasteiger charge is -2.10. The van der Waals surface area contributed by atoms with Crippen LogP contribution in [-0.2, 0) is 14.6 Å². The van der Waals surface area contributed by atoms with Crippen LogP contribution in [0.15, 0.2) is 46.2 Å². The summed E-state index contributed by atoms with van der Waals surface area (Å²) in [6.07, 6.45) is 0. The van der Waals surface area contributed by atoms with Crippen molar-refractivity contribution in [3.8, 4) is 0 Å². The van der Waals surface area contributed by atoms with Crippen molar-refractivity contribution < 1.29 is 32.8 Å². The molecule has 11 heteroatoms. The van der Waals surface area contributed by atoms with Gasteiger partial charge in [0.05, 0.1) is 33.1 Å². The number of benzene rings is 2. The molecular formula is C15H10ClNO8S. The van der Waals surface area contributed by atoms with Crippen molar-refractivity contribution in [2.45, 2.75) is 9.79 Å². The molecule has 0 bridgehead atoms. The number of ether oxygens (including phenoxy) is 1. The molecule has 1 N–H and O–H groups in total. The number of carbonyl (C=O) groups excluding carboxylic acids is 1. The smallest absolute Gasteiger partial charge is 0.339 e. The Hall–Kier alpha value is -2.98. The fraction of sp³-hybridized carbons (Fsp3) is 0.0667. The van der Waals surface area contributed by atoms with Gasteiger partial charge in [0.2, 0.25) is 9.84 Å². The van der Waals surface area contributed by atoms with Crippen molar-refractivity contribution in [3.05, 3.63) is 62.7 Å². The molecule has 2 aromatic rings. The predicted molar refractivity (Wildman–Crippen MR) is 88.3 cm³/mol. The standard InChI is InChI=1S/C15H10ClNO8S/c1-25-15(20)8-4-2-3-5-12(8)26(23,24)13-7-10(16)9(14(18)19)6-11(13)17(21)22/h2-7H,1H3,(H,18,19). The highest BCUT2D eigenvalue weighted by Gasteiger charge is 2.33. The Balaban J connectivity index is 2.83. The molecule has 0 radical (unpaired) electrons. The van der Waals surface area contributed by atoms with E-state index in [0.29, 0.717) is 12.1 Å². The van der Waals surface area contributed by atoms with E-state index in [0.717, 1.165) is 13.2 Å². The maximum atomic E-state index is 12.9. The van der Waals surface area contributed by atoms with E-state index < -0.39 is 52.8 Å². The number of esters is 1. The lowest BCUT2D eigenvalue weighted by atomic mass is 10.2. The number of nitro groups is 1. The lowest BCUT2D eigenvalue weighted by molar-refractivity contribution is -0.387. The van der Waals surface area contributed by atoms with Gasteiger partial charge in [-0.1, -0.05) is 23.7 Å². The number of carbonyl (C=O) groups is 2. The molecule has 0 saturated heterocycles. The maximum Gasteiger partial charge on any atom is 0.339 e. The molecule has 2 aromatic carbocycles. The van der Waals surface area contributed by atoms with Crippen LogP contribution in [0.3, 0.4) is 0 Å². The summed E-state index contributed by atoms with van der Waals surface area (Å²) in [6.45, 7) is 0. The fourth-order valence-corrected chi connectivity index (χ4v) is 4.09. The van der Waals surface area contributed by atoms with E-state index in [2.05, 4.69) is 4.74 Å². The van der Waals surface area contributed by atoms with Crippen LogP contribution in [0.5, 0.6) is 0 Å². The summed E-state index contributed by atoms with van der Waals surface area (Å²) in [5, 5.41) is 19.8. The first kappa shape index (κ1) is 19.3. The largest absolute Gasteiger partial charge is 0.478 e. The molecule has 9 nitrogen and oxygen atoms in total. The van der Waals surface area contributed by atoms with Gasteiger partial charge in [-0.25, -0.2) is 18.0 Å². The third-order valence-corrected chi connectivity index (χ3v) is 5.50. The van der Waals surface area contributed by atoms with Gasteiger partial charge in [-0.15, -0.1) is 0 Å². The van der Waals surface area contributed by atoms with Gasteiger partial charge in [-0.05, 0) is 18.2 Å². The summed E-state index contributed by atoms with van der Waals surface area (Å²) in [7, 11) is -3.54. The molecule has 0 aliphatic heterocycles.